The number of benzene rings is 1. The predicted molar refractivity (Wildman–Crippen MR) is 77.3 cm³/mol. The zero-order valence-corrected chi connectivity index (χ0v) is 11.8. The lowest BCUT2D eigenvalue weighted by molar-refractivity contribution is 0.0935. The molecule has 0 spiro atoms. The molecule has 0 bridgehead atoms. The topological polar surface area (TPSA) is 61.4 Å². The zero-order valence-electron chi connectivity index (χ0n) is 11.8. The third kappa shape index (κ3) is 5.41. The maximum Gasteiger partial charge on any atom is 0.251 e. The van der Waals surface area contributed by atoms with Crippen LogP contribution in [0.5, 0.6) is 0 Å². The first-order valence-electron chi connectivity index (χ1n) is 6.83. The number of hydrogen-bond donors (Lipinski definition) is 3. The highest BCUT2D eigenvalue weighted by Gasteiger charge is 2.12. The number of aliphatic hydroxyl groups is 1. The highest BCUT2D eigenvalue weighted by molar-refractivity contribution is 5.95. The molecule has 0 fully saturated rings. The fourth-order valence-electron chi connectivity index (χ4n) is 1.99. The summed E-state index contributed by atoms with van der Waals surface area (Å²) in [4.78, 5) is 12.2. The number of aliphatic hydroxyl groups excluding tert-OH is 1. The van der Waals surface area contributed by atoms with Crippen LogP contribution in [0.15, 0.2) is 24.3 Å². The minimum atomic E-state index is -0.0304. The number of rotatable bonds is 8. The average molecular weight is 264 g/mol. The molecule has 0 saturated carbocycles. The normalized spacial score (nSPS) is 12.2. The summed E-state index contributed by atoms with van der Waals surface area (Å²) >= 11 is 0. The van der Waals surface area contributed by atoms with E-state index in [1.807, 2.05) is 38.2 Å². The number of amides is 1. The van der Waals surface area contributed by atoms with Crippen molar-refractivity contribution in [2.24, 2.45) is 0 Å². The average Bonchev–Trinajstić information content (AvgIpc) is 2.43. The molecule has 0 aromatic heterocycles. The van der Waals surface area contributed by atoms with E-state index in [9.17, 15) is 4.79 Å². The zero-order chi connectivity index (χ0) is 14.1. The second-order valence-corrected chi connectivity index (χ2v) is 4.75. The monoisotopic (exact) mass is 264 g/mol. The first-order valence-corrected chi connectivity index (χ1v) is 6.83. The molecule has 1 aromatic carbocycles. The molecule has 1 unspecified atom stereocenters. The molecule has 4 nitrogen and oxygen atoms in total. The van der Waals surface area contributed by atoms with E-state index in [1.165, 1.54) is 0 Å². The van der Waals surface area contributed by atoms with Crippen LogP contribution in [0, 0.1) is 0 Å². The van der Waals surface area contributed by atoms with Crippen molar-refractivity contribution in [3.8, 4) is 0 Å². The van der Waals surface area contributed by atoms with Crippen molar-refractivity contribution >= 4 is 5.91 Å². The molecule has 0 aliphatic heterocycles. The smallest absolute Gasteiger partial charge is 0.251 e. The van der Waals surface area contributed by atoms with Crippen LogP contribution < -0.4 is 10.6 Å². The Labute approximate surface area is 115 Å². The summed E-state index contributed by atoms with van der Waals surface area (Å²) < 4.78 is 0. The molecule has 0 aliphatic rings. The summed E-state index contributed by atoms with van der Waals surface area (Å²) in [6.07, 6.45) is 2.34. The van der Waals surface area contributed by atoms with Gasteiger partial charge in [-0.1, -0.05) is 18.2 Å². The molecule has 3 N–H and O–H groups in total. The number of likely N-dealkylation sites (N-methyl/N-ethyl adjacent to an activating group) is 1. The lowest BCUT2D eigenvalue weighted by Crippen LogP contribution is -2.33. The van der Waals surface area contributed by atoms with Crippen molar-refractivity contribution in [2.75, 3.05) is 20.2 Å². The summed E-state index contributed by atoms with van der Waals surface area (Å²) in [7, 11) is 1.90. The molecule has 0 aliphatic carbocycles. The Balaban J connectivity index is 2.65. The van der Waals surface area contributed by atoms with E-state index < -0.39 is 0 Å². The summed E-state index contributed by atoms with van der Waals surface area (Å²) in [6.45, 7) is 2.98. The molecule has 0 heterocycles. The lowest BCUT2D eigenvalue weighted by atomic mass is 10.0. The molecular weight excluding hydrogens is 240 g/mol. The van der Waals surface area contributed by atoms with E-state index in [1.54, 1.807) is 0 Å². The Morgan fingerprint density at radius 1 is 1.37 bits per heavy atom. The summed E-state index contributed by atoms with van der Waals surface area (Å²) in [5.74, 6) is -0.0304. The van der Waals surface area contributed by atoms with E-state index in [0.29, 0.717) is 6.42 Å². The highest BCUT2D eigenvalue weighted by atomic mass is 16.2. The largest absolute Gasteiger partial charge is 0.396 e. The van der Waals surface area contributed by atoms with Crippen LogP contribution in [0.1, 0.15) is 35.7 Å². The van der Waals surface area contributed by atoms with Gasteiger partial charge in [0, 0.05) is 18.2 Å². The molecule has 0 radical (unpaired) electrons. The molecular formula is C15H24N2O2. The van der Waals surface area contributed by atoms with Crippen LogP contribution in [0.4, 0.5) is 0 Å². The van der Waals surface area contributed by atoms with Gasteiger partial charge in [0.05, 0.1) is 0 Å². The Kier molecular flexibility index (Phi) is 7.15. The van der Waals surface area contributed by atoms with E-state index in [-0.39, 0.29) is 18.6 Å². The fraction of sp³-hybridized carbons (Fsp3) is 0.533. The van der Waals surface area contributed by atoms with Crippen LogP contribution in [0.25, 0.3) is 0 Å². The van der Waals surface area contributed by atoms with Gasteiger partial charge in [-0.2, -0.15) is 0 Å². The number of hydrogen-bond acceptors (Lipinski definition) is 3. The van der Waals surface area contributed by atoms with Crippen molar-refractivity contribution in [1.82, 2.24) is 10.6 Å². The lowest BCUT2D eigenvalue weighted by Gasteiger charge is -2.15. The van der Waals surface area contributed by atoms with Gasteiger partial charge in [0.15, 0.2) is 0 Å². The summed E-state index contributed by atoms with van der Waals surface area (Å²) in [5.41, 5.74) is 1.80. The van der Waals surface area contributed by atoms with E-state index >= 15 is 0 Å². The van der Waals surface area contributed by atoms with E-state index in [2.05, 4.69) is 10.6 Å². The van der Waals surface area contributed by atoms with Crippen LogP contribution in [-0.2, 0) is 6.42 Å². The van der Waals surface area contributed by atoms with Gasteiger partial charge in [-0.25, -0.2) is 0 Å². The van der Waals surface area contributed by atoms with E-state index in [0.717, 1.165) is 30.5 Å². The predicted octanol–water partition coefficient (Wildman–Crippen LogP) is 1.34. The van der Waals surface area contributed by atoms with Crippen LogP contribution in [-0.4, -0.2) is 37.3 Å². The van der Waals surface area contributed by atoms with Gasteiger partial charge in [0.1, 0.15) is 0 Å². The number of carbonyl (C=O) groups excluding carboxylic acids is 1. The first-order chi connectivity index (χ1) is 9.19. The standard InChI is InChI=1S/C15H24N2O2/c1-12(6-5-11-18)17-15(19)14-8-4-3-7-13(14)9-10-16-2/h3-4,7-8,12,16,18H,5-6,9-11H2,1-2H3,(H,17,19). The van der Waals surface area contributed by atoms with Crippen LogP contribution >= 0.6 is 0 Å². The quantitative estimate of drug-likeness (QED) is 0.664. The van der Waals surface area contributed by atoms with Crippen LogP contribution in [0.2, 0.25) is 0 Å². The molecule has 4 heteroatoms. The van der Waals surface area contributed by atoms with Crippen molar-refractivity contribution in [3.63, 3.8) is 0 Å². The van der Waals surface area contributed by atoms with Gasteiger partial charge >= 0.3 is 0 Å². The minimum Gasteiger partial charge on any atom is -0.396 e. The Bertz CT molecular complexity index is 393. The van der Waals surface area contributed by atoms with E-state index in [4.69, 9.17) is 5.11 Å². The molecule has 19 heavy (non-hydrogen) atoms. The van der Waals surface area contributed by atoms with Gasteiger partial charge in [-0.3, -0.25) is 4.79 Å². The van der Waals surface area contributed by atoms with Crippen LogP contribution in [0.3, 0.4) is 0 Å². The Morgan fingerprint density at radius 3 is 2.79 bits per heavy atom. The van der Waals surface area contributed by atoms with Crippen molar-refractivity contribution in [1.29, 1.82) is 0 Å². The molecule has 1 atom stereocenters. The number of carbonyl (C=O) groups is 1. The third-order valence-electron chi connectivity index (χ3n) is 3.08. The van der Waals surface area contributed by atoms with Gasteiger partial charge in [0.2, 0.25) is 0 Å². The van der Waals surface area contributed by atoms with Crippen molar-refractivity contribution < 1.29 is 9.90 Å². The fourth-order valence-corrected chi connectivity index (χ4v) is 1.99. The van der Waals surface area contributed by atoms with Gasteiger partial charge < -0.3 is 15.7 Å². The van der Waals surface area contributed by atoms with Gasteiger partial charge in [0.25, 0.3) is 5.91 Å². The summed E-state index contributed by atoms with van der Waals surface area (Å²) in [6, 6.07) is 7.77. The molecule has 1 rings (SSSR count). The summed E-state index contributed by atoms with van der Waals surface area (Å²) in [5, 5.41) is 14.9. The molecule has 1 aromatic rings. The maximum atomic E-state index is 12.2. The molecule has 106 valence electrons. The Hall–Kier alpha value is -1.39. The number of nitrogens with one attached hydrogen (secondary N) is 2. The molecule has 0 saturated heterocycles. The van der Waals surface area contributed by atoms with Crippen molar-refractivity contribution in [3.05, 3.63) is 35.4 Å². The maximum absolute atomic E-state index is 12.2. The minimum absolute atomic E-state index is 0.0304. The SMILES string of the molecule is CNCCc1ccccc1C(=O)NC(C)CCCO. The van der Waals surface area contributed by atoms with Crippen molar-refractivity contribution in [2.45, 2.75) is 32.2 Å². The highest BCUT2D eigenvalue weighted by Crippen LogP contribution is 2.10. The third-order valence-corrected chi connectivity index (χ3v) is 3.08. The molecule has 1 amide bonds. The van der Waals surface area contributed by atoms with Gasteiger partial charge in [-0.05, 0) is 51.4 Å². The second kappa shape index (κ2) is 8.67. The van der Waals surface area contributed by atoms with Gasteiger partial charge in [-0.15, -0.1) is 0 Å². The Morgan fingerprint density at radius 2 is 2.11 bits per heavy atom. The second-order valence-electron chi connectivity index (χ2n) is 4.75. The first kappa shape index (κ1) is 15.7.